The maximum atomic E-state index is 13.5. The van der Waals surface area contributed by atoms with Gasteiger partial charge in [-0.05, 0) is 46.4 Å². The molecule has 1 aliphatic heterocycles. The van der Waals surface area contributed by atoms with E-state index in [1.54, 1.807) is 0 Å². The van der Waals surface area contributed by atoms with Gasteiger partial charge in [0.1, 0.15) is 18.0 Å². The van der Waals surface area contributed by atoms with E-state index in [-0.39, 0.29) is 18.0 Å². The molecule has 3 aromatic carbocycles. The van der Waals surface area contributed by atoms with E-state index in [4.69, 9.17) is 4.74 Å². The van der Waals surface area contributed by atoms with Crippen molar-refractivity contribution in [2.45, 2.75) is 25.6 Å². The molecule has 0 spiro atoms. The van der Waals surface area contributed by atoms with Crippen molar-refractivity contribution in [3.8, 4) is 0 Å². The average molecular weight is 344 g/mol. The molecule has 0 saturated carbocycles. The topological polar surface area (TPSA) is 12.5 Å². The molecule has 130 valence electrons. The van der Waals surface area contributed by atoms with Gasteiger partial charge in [0.25, 0.3) is 0 Å². The maximum Gasteiger partial charge on any atom is 0.123 e. The summed E-state index contributed by atoms with van der Waals surface area (Å²) in [6, 6.07) is 27.4. The predicted molar refractivity (Wildman–Crippen MR) is 104 cm³/mol. The Labute approximate surface area is 153 Å². The highest BCUT2D eigenvalue weighted by molar-refractivity contribution is 5.93. The number of epoxide rings is 1. The second-order valence-electron chi connectivity index (χ2n) is 6.51. The first-order chi connectivity index (χ1) is 12.8. The molecule has 0 amide bonds. The number of halogens is 1. The lowest BCUT2D eigenvalue weighted by Crippen LogP contribution is -2.00. The minimum absolute atomic E-state index is 0.00184. The second-order valence-corrected chi connectivity index (χ2v) is 6.51. The van der Waals surface area contributed by atoms with Crippen LogP contribution in [0.3, 0.4) is 0 Å². The van der Waals surface area contributed by atoms with E-state index in [1.165, 1.54) is 28.8 Å². The fraction of sp³-hybridized carbons (Fsp3) is 0.167. The van der Waals surface area contributed by atoms with E-state index in [1.807, 2.05) is 36.4 Å². The monoisotopic (exact) mass is 344 g/mol. The van der Waals surface area contributed by atoms with Crippen LogP contribution in [0.5, 0.6) is 0 Å². The number of allylic oxidation sites excluding steroid dienone is 1. The van der Waals surface area contributed by atoms with E-state index in [0.29, 0.717) is 0 Å². The molecule has 0 N–H and O–H groups in total. The molecule has 2 heteroatoms. The van der Waals surface area contributed by atoms with E-state index >= 15 is 0 Å². The zero-order valence-electron chi connectivity index (χ0n) is 14.7. The fourth-order valence-electron chi connectivity index (χ4n) is 3.56. The van der Waals surface area contributed by atoms with E-state index < -0.39 is 0 Å². The number of ether oxygens (including phenoxy) is 1. The van der Waals surface area contributed by atoms with Crippen molar-refractivity contribution in [2.24, 2.45) is 0 Å². The standard InChI is InChI=1S/C24H21FO/c1-2-21(17-9-5-3-6-10-17)22(18-13-15-20(25)16-14-18)24-23(26-24)19-11-7-4-8-12-19/h3-16,23-24H,2H2,1H3/b22-21+. The van der Waals surface area contributed by atoms with Crippen molar-refractivity contribution in [1.29, 1.82) is 0 Å². The van der Waals surface area contributed by atoms with Gasteiger partial charge in [0.05, 0.1) is 0 Å². The van der Waals surface area contributed by atoms with Gasteiger partial charge in [0.15, 0.2) is 0 Å². The highest BCUT2D eigenvalue weighted by Crippen LogP contribution is 2.49. The average Bonchev–Trinajstić information content (AvgIpc) is 3.49. The van der Waals surface area contributed by atoms with Crippen LogP contribution in [0.1, 0.15) is 36.1 Å². The summed E-state index contributed by atoms with van der Waals surface area (Å²) >= 11 is 0. The molecule has 1 aliphatic rings. The van der Waals surface area contributed by atoms with E-state index in [9.17, 15) is 4.39 Å². The Morgan fingerprint density at radius 3 is 2.04 bits per heavy atom. The van der Waals surface area contributed by atoms with Gasteiger partial charge in [-0.25, -0.2) is 4.39 Å². The minimum Gasteiger partial charge on any atom is -0.359 e. The zero-order chi connectivity index (χ0) is 17.9. The largest absolute Gasteiger partial charge is 0.359 e. The van der Waals surface area contributed by atoms with Crippen LogP contribution in [0, 0.1) is 5.82 Å². The van der Waals surface area contributed by atoms with Gasteiger partial charge in [-0.3, -0.25) is 0 Å². The second kappa shape index (κ2) is 7.27. The van der Waals surface area contributed by atoms with Gasteiger partial charge in [0.2, 0.25) is 0 Å². The SMILES string of the molecule is CC/C(=C(/c1ccc(F)cc1)C1OC1c1ccccc1)c1ccccc1. The normalized spacial score (nSPS) is 19.8. The first kappa shape index (κ1) is 16.7. The molecule has 1 nitrogen and oxygen atoms in total. The molecular formula is C24H21FO. The summed E-state index contributed by atoms with van der Waals surface area (Å²) in [5.74, 6) is -0.220. The Morgan fingerprint density at radius 2 is 1.42 bits per heavy atom. The first-order valence-corrected chi connectivity index (χ1v) is 9.02. The maximum absolute atomic E-state index is 13.5. The molecular weight excluding hydrogens is 323 g/mol. The number of hydrogen-bond donors (Lipinski definition) is 0. The van der Waals surface area contributed by atoms with E-state index in [0.717, 1.165) is 17.6 Å². The molecule has 4 rings (SSSR count). The number of hydrogen-bond acceptors (Lipinski definition) is 1. The molecule has 1 heterocycles. The third kappa shape index (κ3) is 3.33. The molecule has 2 unspecified atom stereocenters. The van der Waals surface area contributed by atoms with Crippen LogP contribution < -0.4 is 0 Å². The number of benzene rings is 3. The summed E-state index contributed by atoms with van der Waals surface area (Å²) in [6.45, 7) is 2.16. The smallest absolute Gasteiger partial charge is 0.123 e. The summed E-state index contributed by atoms with van der Waals surface area (Å²) in [5.41, 5.74) is 5.81. The van der Waals surface area contributed by atoms with Gasteiger partial charge >= 0.3 is 0 Å². The highest BCUT2D eigenvalue weighted by Gasteiger charge is 2.44. The fourth-order valence-corrected chi connectivity index (χ4v) is 3.56. The molecule has 26 heavy (non-hydrogen) atoms. The molecule has 1 fully saturated rings. The van der Waals surface area contributed by atoms with Crippen LogP contribution in [0.15, 0.2) is 84.9 Å². The van der Waals surface area contributed by atoms with Crippen molar-refractivity contribution in [2.75, 3.05) is 0 Å². The van der Waals surface area contributed by atoms with Crippen molar-refractivity contribution >= 4 is 11.1 Å². The van der Waals surface area contributed by atoms with Crippen LogP contribution in [-0.2, 0) is 4.74 Å². The molecule has 0 aromatic heterocycles. The first-order valence-electron chi connectivity index (χ1n) is 9.02. The molecule has 2 atom stereocenters. The Balaban J connectivity index is 1.80. The Bertz CT molecular complexity index is 898. The molecule has 3 aromatic rings. The van der Waals surface area contributed by atoms with Crippen LogP contribution in [0.25, 0.3) is 11.1 Å². The molecule has 0 aliphatic carbocycles. The van der Waals surface area contributed by atoms with Gasteiger partial charge in [-0.15, -0.1) is 0 Å². The van der Waals surface area contributed by atoms with Crippen LogP contribution in [0.2, 0.25) is 0 Å². The summed E-state index contributed by atoms with van der Waals surface area (Å²) in [5, 5.41) is 0. The van der Waals surface area contributed by atoms with Crippen molar-refractivity contribution in [3.63, 3.8) is 0 Å². The van der Waals surface area contributed by atoms with Crippen molar-refractivity contribution in [1.82, 2.24) is 0 Å². The van der Waals surface area contributed by atoms with Crippen LogP contribution in [0.4, 0.5) is 4.39 Å². The quantitative estimate of drug-likeness (QED) is 0.391. The lowest BCUT2D eigenvalue weighted by molar-refractivity contribution is 0.397. The Morgan fingerprint density at radius 1 is 0.808 bits per heavy atom. The van der Waals surface area contributed by atoms with Gasteiger partial charge in [-0.2, -0.15) is 0 Å². The third-order valence-corrected chi connectivity index (χ3v) is 4.86. The predicted octanol–water partition coefficient (Wildman–Crippen LogP) is 6.29. The zero-order valence-corrected chi connectivity index (χ0v) is 14.7. The molecule has 1 saturated heterocycles. The number of rotatable bonds is 5. The third-order valence-electron chi connectivity index (χ3n) is 4.86. The minimum atomic E-state index is -0.220. The van der Waals surface area contributed by atoms with Crippen molar-refractivity contribution in [3.05, 3.63) is 107 Å². The highest BCUT2D eigenvalue weighted by atomic mass is 19.1. The summed E-state index contributed by atoms with van der Waals surface area (Å²) in [6.07, 6.45) is 0.942. The lowest BCUT2D eigenvalue weighted by atomic mass is 9.89. The van der Waals surface area contributed by atoms with Gasteiger partial charge < -0.3 is 4.74 Å². The van der Waals surface area contributed by atoms with Crippen molar-refractivity contribution < 1.29 is 9.13 Å². The van der Waals surface area contributed by atoms with Crippen LogP contribution in [-0.4, -0.2) is 6.10 Å². The summed E-state index contributed by atoms with van der Waals surface area (Å²) in [4.78, 5) is 0. The van der Waals surface area contributed by atoms with Gasteiger partial charge in [0, 0.05) is 0 Å². The molecule has 0 radical (unpaired) electrons. The molecule has 0 bridgehead atoms. The summed E-state index contributed by atoms with van der Waals surface area (Å²) < 4.78 is 19.6. The van der Waals surface area contributed by atoms with E-state index in [2.05, 4.69) is 43.3 Å². The lowest BCUT2D eigenvalue weighted by Gasteiger charge is -2.14. The van der Waals surface area contributed by atoms with Crippen LogP contribution >= 0.6 is 0 Å². The Kier molecular flexibility index (Phi) is 4.68. The van der Waals surface area contributed by atoms with Gasteiger partial charge in [-0.1, -0.05) is 79.7 Å². The summed E-state index contributed by atoms with van der Waals surface area (Å²) in [7, 11) is 0. The Hall–Kier alpha value is -2.71.